The molecule has 0 aliphatic rings. The smallest absolute Gasteiger partial charge is 0.158 e. The summed E-state index contributed by atoms with van der Waals surface area (Å²) in [7, 11) is 0. The lowest BCUT2D eigenvalue weighted by molar-refractivity contribution is -0.0272. The summed E-state index contributed by atoms with van der Waals surface area (Å²) in [6.07, 6.45) is 8.59. The van der Waals surface area contributed by atoms with Crippen molar-refractivity contribution in [3.05, 3.63) is 24.3 Å². The Morgan fingerprint density at radius 2 is 1.84 bits per heavy atom. The topological polar surface area (TPSA) is 46.0 Å². The van der Waals surface area contributed by atoms with Crippen LogP contribution in [0.1, 0.15) is 58.9 Å². The first-order valence-electron chi connectivity index (χ1n) is 6.96. The molecule has 1 heterocycles. The van der Waals surface area contributed by atoms with Crippen LogP contribution in [0.15, 0.2) is 18.7 Å². The summed E-state index contributed by atoms with van der Waals surface area (Å²) in [5.74, 6) is 6.05. The van der Waals surface area contributed by atoms with E-state index < -0.39 is 5.60 Å². The first kappa shape index (κ1) is 15.7. The van der Waals surface area contributed by atoms with Gasteiger partial charge in [-0.15, -0.1) is 5.92 Å². The van der Waals surface area contributed by atoms with Gasteiger partial charge in [-0.2, -0.15) is 0 Å². The highest BCUT2D eigenvalue weighted by Crippen LogP contribution is 2.42. The molecular formula is C16H24N2O. The fraction of sp³-hybridized carbons (Fsp3) is 0.625. The van der Waals surface area contributed by atoms with E-state index in [1.165, 1.54) is 6.33 Å². The molecule has 19 heavy (non-hydrogen) atoms. The number of unbranched alkanes of at least 4 members (excludes halogenated alkanes) is 1. The Hall–Kier alpha value is -1.40. The average Bonchev–Trinajstić information content (AvgIpc) is 2.43. The van der Waals surface area contributed by atoms with E-state index in [9.17, 15) is 5.11 Å². The predicted molar refractivity (Wildman–Crippen MR) is 77.3 cm³/mol. The molecule has 0 aromatic carbocycles. The highest BCUT2D eigenvalue weighted by atomic mass is 16.3. The summed E-state index contributed by atoms with van der Waals surface area (Å²) >= 11 is 0. The molecule has 1 atom stereocenters. The van der Waals surface area contributed by atoms with Gasteiger partial charge >= 0.3 is 0 Å². The van der Waals surface area contributed by atoms with E-state index in [0.29, 0.717) is 5.56 Å². The highest BCUT2D eigenvalue weighted by Gasteiger charge is 2.43. The number of rotatable bonds is 5. The van der Waals surface area contributed by atoms with Crippen molar-refractivity contribution >= 4 is 0 Å². The van der Waals surface area contributed by atoms with Gasteiger partial charge < -0.3 is 5.11 Å². The number of hydrogen-bond acceptors (Lipinski definition) is 3. The Balaban J connectivity index is 3.20. The summed E-state index contributed by atoms with van der Waals surface area (Å²) in [5.41, 5.74) is -0.855. The molecule has 1 aromatic rings. The Morgan fingerprint density at radius 3 is 2.37 bits per heavy atom. The Bertz CT molecular complexity index is 445. The standard InChI is InChI=1S/C16H24N2O/c1-5-7-9-15(3,4)16(19,10-8-6-2)14-11-17-13-18-12-14/h11-13,19H,5-7,9H2,1-4H3. The summed E-state index contributed by atoms with van der Waals surface area (Å²) < 4.78 is 0. The van der Waals surface area contributed by atoms with Gasteiger partial charge in [-0.25, -0.2) is 9.97 Å². The minimum absolute atomic E-state index is 0.337. The number of nitrogens with zero attached hydrogens (tertiary/aromatic N) is 2. The van der Waals surface area contributed by atoms with Gasteiger partial charge in [0.1, 0.15) is 6.33 Å². The van der Waals surface area contributed by atoms with Gasteiger partial charge in [0, 0.05) is 29.8 Å². The van der Waals surface area contributed by atoms with Crippen molar-refractivity contribution in [3.8, 4) is 11.8 Å². The molecule has 0 fully saturated rings. The second-order valence-corrected chi connectivity index (χ2v) is 5.48. The van der Waals surface area contributed by atoms with Crippen LogP contribution in [0.25, 0.3) is 0 Å². The van der Waals surface area contributed by atoms with Crippen LogP contribution in [0.3, 0.4) is 0 Å². The van der Waals surface area contributed by atoms with E-state index in [4.69, 9.17) is 0 Å². The van der Waals surface area contributed by atoms with Gasteiger partial charge in [-0.05, 0) is 6.42 Å². The van der Waals surface area contributed by atoms with Gasteiger partial charge in [-0.1, -0.05) is 46.5 Å². The Kier molecular flexibility index (Phi) is 5.50. The molecule has 1 N–H and O–H groups in total. The van der Waals surface area contributed by atoms with E-state index in [1.807, 2.05) is 6.92 Å². The monoisotopic (exact) mass is 260 g/mol. The van der Waals surface area contributed by atoms with Crippen LogP contribution in [-0.4, -0.2) is 15.1 Å². The fourth-order valence-corrected chi connectivity index (χ4v) is 2.13. The van der Waals surface area contributed by atoms with Gasteiger partial charge in [0.2, 0.25) is 0 Å². The SMILES string of the molecule is CCC#CC(O)(c1cncnc1)C(C)(C)CCCC. The molecule has 1 aromatic heterocycles. The number of hydrogen-bond donors (Lipinski definition) is 1. The van der Waals surface area contributed by atoms with E-state index in [0.717, 1.165) is 25.7 Å². The van der Waals surface area contributed by atoms with Crippen LogP contribution < -0.4 is 0 Å². The molecule has 0 bridgehead atoms. The zero-order chi connectivity index (χ0) is 14.4. The Morgan fingerprint density at radius 1 is 1.21 bits per heavy atom. The zero-order valence-corrected chi connectivity index (χ0v) is 12.4. The van der Waals surface area contributed by atoms with Crippen LogP contribution in [0, 0.1) is 17.3 Å². The van der Waals surface area contributed by atoms with Crippen molar-refractivity contribution in [1.82, 2.24) is 9.97 Å². The third-order valence-corrected chi connectivity index (χ3v) is 3.56. The lowest BCUT2D eigenvalue weighted by atomic mass is 9.69. The van der Waals surface area contributed by atoms with Crippen LogP contribution >= 0.6 is 0 Å². The molecular weight excluding hydrogens is 236 g/mol. The minimum atomic E-state index is -1.20. The first-order valence-corrected chi connectivity index (χ1v) is 6.96. The van der Waals surface area contributed by atoms with Crippen molar-refractivity contribution in [1.29, 1.82) is 0 Å². The van der Waals surface area contributed by atoms with Crippen molar-refractivity contribution in [2.75, 3.05) is 0 Å². The maximum absolute atomic E-state index is 11.1. The van der Waals surface area contributed by atoms with Gasteiger partial charge in [-0.3, -0.25) is 0 Å². The second kappa shape index (κ2) is 6.68. The molecule has 3 nitrogen and oxygen atoms in total. The van der Waals surface area contributed by atoms with Crippen molar-refractivity contribution in [2.45, 2.75) is 59.0 Å². The lowest BCUT2D eigenvalue weighted by Crippen LogP contribution is -2.41. The molecule has 104 valence electrons. The summed E-state index contributed by atoms with van der Waals surface area (Å²) in [6, 6.07) is 0. The summed E-state index contributed by atoms with van der Waals surface area (Å²) in [4.78, 5) is 8.03. The van der Waals surface area contributed by atoms with Crippen molar-refractivity contribution in [3.63, 3.8) is 0 Å². The quantitative estimate of drug-likeness (QED) is 0.826. The maximum Gasteiger partial charge on any atom is 0.158 e. The molecule has 3 heteroatoms. The summed E-state index contributed by atoms with van der Waals surface area (Å²) in [5, 5.41) is 11.1. The fourth-order valence-electron chi connectivity index (χ4n) is 2.13. The van der Waals surface area contributed by atoms with Crippen molar-refractivity contribution < 1.29 is 5.11 Å². The van der Waals surface area contributed by atoms with E-state index in [1.54, 1.807) is 12.4 Å². The largest absolute Gasteiger partial charge is 0.373 e. The van der Waals surface area contributed by atoms with E-state index in [-0.39, 0.29) is 5.41 Å². The highest BCUT2D eigenvalue weighted by molar-refractivity contribution is 5.31. The normalized spacial score (nSPS) is 14.4. The van der Waals surface area contributed by atoms with Crippen LogP contribution in [0.4, 0.5) is 0 Å². The van der Waals surface area contributed by atoms with E-state index >= 15 is 0 Å². The molecule has 0 amide bonds. The molecule has 0 aliphatic heterocycles. The molecule has 0 saturated heterocycles. The van der Waals surface area contributed by atoms with Gasteiger partial charge in [0.25, 0.3) is 0 Å². The van der Waals surface area contributed by atoms with Gasteiger partial charge in [0.15, 0.2) is 5.60 Å². The molecule has 0 radical (unpaired) electrons. The molecule has 0 spiro atoms. The maximum atomic E-state index is 11.1. The van der Waals surface area contributed by atoms with Crippen LogP contribution in [0.2, 0.25) is 0 Å². The van der Waals surface area contributed by atoms with Crippen LogP contribution in [-0.2, 0) is 5.60 Å². The molecule has 1 rings (SSSR count). The number of aliphatic hydroxyl groups is 1. The average molecular weight is 260 g/mol. The third-order valence-electron chi connectivity index (χ3n) is 3.56. The van der Waals surface area contributed by atoms with Crippen molar-refractivity contribution in [2.24, 2.45) is 5.41 Å². The summed E-state index contributed by atoms with van der Waals surface area (Å²) in [6.45, 7) is 8.24. The second-order valence-electron chi connectivity index (χ2n) is 5.48. The van der Waals surface area contributed by atoms with E-state index in [2.05, 4.69) is 42.6 Å². The molecule has 0 saturated carbocycles. The number of aromatic nitrogens is 2. The first-order chi connectivity index (χ1) is 8.98. The third kappa shape index (κ3) is 3.54. The minimum Gasteiger partial charge on any atom is -0.373 e. The van der Waals surface area contributed by atoms with Gasteiger partial charge in [0.05, 0.1) is 0 Å². The zero-order valence-electron chi connectivity index (χ0n) is 12.4. The predicted octanol–water partition coefficient (Wildman–Crippen LogP) is 3.29. The Labute approximate surface area is 116 Å². The van der Waals surface area contributed by atoms with Crippen LogP contribution in [0.5, 0.6) is 0 Å². The molecule has 1 unspecified atom stereocenters. The molecule has 0 aliphatic carbocycles. The lowest BCUT2D eigenvalue weighted by Gasteiger charge is -2.39.